The fourth-order valence-corrected chi connectivity index (χ4v) is 1.43. The van der Waals surface area contributed by atoms with E-state index in [9.17, 15) is 0 Å². The number of imidazole rings is 1. The second-order valence-electron chi connectivity index (χ2n) is 3.74. The Labute approximate surface area is 86.9 Å². The van der Waals surface area contributed by atoms with Gasteiger partial charge in [-0.1, -0.05) is 19.8 Å². The van der Waals surface area contributed by atoms with E-state index in [2.05, 4.69) is 54.7 Å². The molecule has 1 aromatic rings. The van der Waals surface area contributed by atoms with Gasteiger partial charge in [0.15, 0.2) is 0 Å². The van der Waals surface area contributed by atoms with E-state index >= 15 is 0 Å². The molecule has 0 N–H and O–H groups in total. The van der Waals surface area contributed by atoms with Crippen LogP contribution in [0.2, 0.25) is 0 Å². The number of allylic oxidation sites excluding steroid dienone is 1. The summed E-state index contributed by atoms with van der Waals surface area (Å²) in [7, 11) is 2.07. The molecule has 2 nitrogen and oxygen atoms in total. The first-order valence-corrected chi connectivity index (χ1v) is 5.45. The van der Waals surface area contributed by atoms with Crippen LogP contribution in [0, 0.1) is 6.92 Å². The van der Waals surface area contributed by atoms with E-state index in [0.29, 0.717) is 0 Å². The van der Waals surface area contributed by atoms with E-state index in [-0.39, 0.29) is 0 Å². The third-order valence-corrected chi connectivity index (χ3v) is 2.58. The van der Waals surface area contributed by atoms with Crippen LogP contribution in [0.15, 0.2) is 18.5 Å². The van der Waals surface area contributed by atoms with Gasteiger partial charge in [0.2, 0.25) is 0 Å². The first-order chi connectivity index (χ1) is 6.75. The van der Waals surface area contributed by atoms with Crippen LogP contribution in [0.5, 0.6) is 0 Å². The average Bonchev–Trinajstić information content (AvgIpc) is 2.49. The van der Waals surface area contributed by atoms with Crippen LogP contribution in [0.4, 0.5) is 0 Å². The Kier molecular flexibility index (Phi) is 4.44. The SMILES string of the molecule is CCCCCC=Cn1cc[n+](C)c1C. The minimum atomic E-state index is 1.19. The maximum atomic E-state index is 2.25. The van der Waals surface area contributed by atoms with E-state index < -0.39 is 0 Å². The molecule has 0 aliphatic carbocycles. The van der Waals surface area contributed by atoms with Crippen molar-refractivity contribution < 1.29 is 4.57 Å². The lowest BCUT2D eigenvalue weighted by Crippen LogP contribution is -2.29. The molecule has 1 heterocycles. The topological polar surface area (TPSA) is 8.81 Å². The number of hydrogen-bond acceptors (Lipinski definition) is 0. The number of rotatable bonds is 5. The van der Waals surface area contributed by atoms with Gasteiger partial charge in [0.05, 0.1) is 13.2 Å². The summed E-state index contributed by atoms with van der Waals surface area (Å²) in [6.45, 7) is 4.36. The molecule has 0 saturated carbocycles. The third kappa shape index (κ3) is 3.02. The number of aromatic nitrogens is 2. The van der Waals surface area contributed by atoms with Crippen molar-refractivity contribution in [2.24, 2.45) is 7.05 Å². The number of aryl methyl sites for hydroxylation is 1. The van der Waals surface area contributed by atoms with Crippen LogP contribution < -0.4 is 4.57 Å². The molecule has 0 saturated heterocycles. The molecule has 0 atom stereocenters. The first-order valence-electron chi connectivity index (χ1n) is 5.45. The maximum Gasteiger partial charge on any atom is 0.257 e. The third-order valence-electron chi connectivity index (χ3n) is 2.58. The van der Waals surface area contributed by atoms with Crippen molar-refractivity contribution >= 4 is 6.20 Å². The highest BCUT2D eigenvalue weighted by Crippen LogP contribution is 2.01. The molecule has 0 radical (unpaired) electrons. The van der Waals surface area contributed by atoms with Gasteiger partial charge in [0.25, 0.3) is 5.82 Å². The van der Waals surface area contributed by atoms with E-state index in [1.807, 2.05) is 0 Å². The van der Waals surface area contributed by atoms with Crippen molar-refractivity contribution in [3.05, 3.63) is 24.3 Å². The zero-order valence-electron chi connectivity index (χ0n) is 9.53. The second kappa shape index (κ2) is 5.63. The molecule has 1 rings (SSSR count). The molecule has 0 aliphatic rings. The fourth-order valence-electron chi connectivity index (χ4n) is 1.43. The summed E-state index contributed by atoms with van der Waals surface area (Å²) in [5.41, 5.74) is 0. The number of hydrogen-bond donors (Lipinski definition) is 0. The lowest BCUT2D eigenvalue weighted by atomic mass is 10.2. The van der Waals surface area contributed by atoms with Gasteiger partial charge in [0, 0.05) is 6.92 Å². The van der Waals surface area contributed by atoms with Crippen molar-refractivity contribution in [2.45, 2.75) is 39.5 Å². The number of unbranched alkanes of at least 4 members (excludes halogenated alkanes) is 3. The zero-order valence-corrected chi connectivity index (χ0v) is 9.53. The minimum absolute atomic E-state index is 1.19. The molecule has 0 spiro atoms. The summed E-state index contributed by atoms with van der Waals surface area (Å²) >= 11 is 0. The normalized spacial score (nSPS) is 11.4. The Morgan fingerprint density at radius 1 is 1.43 bits per heavy atom. The van der Waals surface area contributed by atoms with Crippen LogP contribution in [-0.2, 0) is 7.05 Å². The van der Waals surface area contributed by atoms with E-state index in [1.165, 1.54) is 31.5 Å². The maximum absolute atomic E-state index is 2.25. The molecule has 2 heteroatoms. The van der Waals surface area contributed by atoms with Crippen molar-refractivity contribution in [1.82, 2.24) is 4.57 Å². The summed E-state index contributed by atoms with van der Waals surface area (Å²) in [5, 5.41) is 0. The Bertz CT molecular complexity index is 297. The molecule has 78 valence electrons. The van der Waals surface area contributed by atoms with E-state index in [0.717, 1.165) is 0 Å². The summed E-state index contributed by atoms with van der Waals surface area (Å²) in [5.74, 6) is 1.26. The van der Waals surface area contributed by atoms with Crippen molar-refractivity contribution in [3.63, 3.8) is 0 Å². The van der Waals surface area contributed by atoms with Crippen LogP contribution >= 0.6 is 0 Å². The van der Waals surface area contributed by atoms with Gasteiger partial charge in [-0.3, -0.25) is 0 Å². The average molecular weight is 193 g/mol. The summed E-state index contributed by atoms with van der Waals surface area (Å²) < 4.78 is 4.28. The minimum Gasteiger partial charge on any atom is -0.237 e. The second-order valence-corrected chi connectivity index (χ2v) is 3.74. The van der Waals surface area contributed by atoms with E-state index in [4.69, 9.17) is 0 Å². The van der Waals surface area contributed by atoms with Gasteiger partial charge in [-0.2, -0.15) is 0 Å². The molecule has 0 fully saturated rings. The highest BCUT2D eigenvalue weighted by atomic mass is 15.1. The quantitative estimate of drug-likeness (QED) is 0.502. The number of nitrogens with zero attached hydrogens (tertiary/aromatic N) is 2. The molecular weight excluding hydrogens is 172 g/mol. The monoisotopic (exact) mass is 193 g/mol. The molecule has 0 amide bonds. The molecular formula is C12H21N2+. The molecule has 1 aromatic heterocycles. The standard InChI is InChI=1S/C12H21N2/c1-4-5-6-7-8-9-14-11-10-13(3)12(14)2/h8-11H,4-7H2,1-3H3/q+1. The van der Waals surface area contributed by atoms with Gasteiger partial charge in [-0.05, 0) is 18.9 Å². The smallest absolute Gasteiger partial charge is 0.237 e. The van der Waals surface area contributed by atoms with Crippen LogP contribution in [0.3, 0.4) is 0 Å². The Morgan fingerprint density at radius 2 is 2.21 bits per heavy atom. The Hall–Kier alpha value is -1.05. The Balaban J connectivity index is 2.40. The predicted molar refractivity (Wildman–Crippen MR) is 59.8 cm³/mol. The highest BCUT2D eigenvalue weighted by molar-refractivity contribution is 5.22. The fraction of sp³-hybridized carbons (Fsp3) is 0.583. The molecule has 14 heavy (non-hydrogen) atoms. The molecule has 0 unspecified atom stereocenters. The summed E-state index contributed by atoms with van der Waals surface area (Å²) in [6, 6.07) is 0. The lowest BCUT2D eigenvalue weighted by Gasteiger charge is -1.92. The Morgan fingerprint density at radius 3 is 2.79 bits per heavy atom. The van der Waals surface area contributed by atoms with Crippen molar-refractivity contribution in [2.75, 3.05) is 0 Å². The van der Waals surface area contributed by atoms with Crippen molar-refractivity contribution in [3.8, 4) is 0 Å². The van der Waals surface area contributed by atoms with Crippen molar-refractivity contribution in [1.29, 1.82) is 0 Å². The largest absolute Gasteiger partial charge is 0.257 e. The van der Waals surface area contributed by atoms with E-state index in [1.54, 1.807) is 0 Å². The molecule has 0 aliphatic heterocycles. The summed E-state index contributed by atoms with van der Waals surface area (Å²) in [6.07, 6.45) is 13.7. The first kappa shape index (κ1) is 11.0. The lowest BCUT2D eigenvalue weighted by molar-refractivity contribution is -0.676. The van der Waals surface area contributed by atoms with Gasteiger partial charge in [-0.25, -0.2) is 9.13 Å². The molecule has 0 aromatic carbocycles. The molecule has 0 bridgehead atoms. The van der Waals surface area contributed by atoms with Gasteiger partial charge in [-0.15, -0.1) is 0 Å². The summed E-state index contributed by atoms with van der Waals surface area (Å²) in [4.78, 5) is 0. The van der Waals surface area contributed by atoms with Crippen LogP contribution in [-0.4, -0.2) is 4.57 Å². The van der Waals surface area contributed by atoms with Gasteiger partial charge in [0.1, 0.15) is 12.4 Å². The van der Waals surface area contributed by atoms with Crippen LogP contribution in [0.25, 0.3) is 6.20 Å². The predicted octanol–water partition coefficient (Wildman–Crippen LogP) is 2.67. The zero-order chi connectivity index (χ0) is 10.4. The van der Waals surface area contributed by atoms with Crippen LogP contribution in [0.1, 0.15) is 38.4 Å². The van der Waals surface area contributed by atoms with Gasteiger partial charge < -0.3 is 0 Å². The highest BCUT2D eigenvalue weighted by Gasteiger charge is 2.03. The van der Waals surface area contributed by atoms with Gasteiger partial charge >= 0.3 is 0 Å².